The summed E-state index contributed by atoms with van der Waals surface area (Å²) in [6.45, 7) is 0.458. The van der Waals surface area contributed by atoms with Crippen LogP contribution in [0.15, 0.2) is 0 Å². The second-order valence-corrected chi connectivity index (χ2v) is 4.64. The number of hydrogen-bond acceptors (Lipinski definition) is 2. The zero-order valence-electron chi connectivity index (χ0n) is 8.54. The van der Waals surface area contributed by atoms with E-state index in [1.54, 1.807) is 0 Å². The van der Waals surface area contributed by atoms with Crippen molar-refractivity contribution < 1.29 is 9.90 Å². The van der Waals surface area contributed by atoms with Crippen molar-refractivity contribution >= 4 is 5.91 Å². The third kappa shape index (κ3) is 1.92. The van der Waals surface area contributed by atoms with Gasteiger partial charge in [-0.25, -0.2) is 0 Å². The summed E-state index contributed by atoms with van der Waals surface area (Å²) in [5, 5.41) is 11.4. The summed E-state index contributed by atoms with van der Waals surface area (Å²) in [5.74, 6) is 1.84. The van der Waals surface area contributed by atoms with Crippen molar-refractivity contribution in [1.29, 1.82) is 0 Å². The highest BCUT2D eigenvalue weighted by molar-refractivity contribution is 5.79. The Kier molecular flexibility index (Phi) is 3.06. The maximum Gasteiger partial charge on any atom is 0.223 e. The molecule has 2 bridgehead atoms. The standard InChI is InChI=1S/C11H19NO2/c13-6-5-12-11(14)10-7-8-1-3-9(10)4-2-8/h8-10,13H,1-7H2,(H,12,14). The average Bonchev–Trinajstić information content (AvgIpc) is 2.27. The predicted octanol–water partition coefficient (Wildman–Crippen LogP) is 0.921. The maximum absolute atomic E-state index is 11.7. The molecule has 80 valence electrons. The second-order valence-electron chi connectivity index (χ2n) is 4.64. The SMILES string of the molecule is O=C(NCCO)C1CC2CCC1CC2. The van der Waals surface area contributed by atoms with Gasteiger partial charge in [-0.1, -0.05) is 12.8 Å². The van der Waals surface area contributed by atoms with Crippen molar-refractivity contribution in [2.24, 2.45) is 17.8 Å². The van der Waals surface area contributed by atoms with E-state index in [0.717, 1.165) is 12.3 Å². The molecule has 14 heavy (non-hydrogen) atoms. The molecule has 0 aromatic heterocycles. The van der Waals surface area contributed by atoms with E-state index in [9.17, 15) is 4.79 Å². The Morgan fingerprint density at radius 2 is 2.00 bits per heavy atom. The van der Waals surface area contributed by atoms with Gasteiger partial charge >= 0.3 is 0 Å². The molecule has 1 atom stereocenters. The van der Waals surface area contributed by atoms with Crippen LogP contribution in [0, 0.1) is 17.8 Å². The Labute approximate surface area is 84.9 Å². The van der Waals surface area contributed by atoms with Crippen LogP contribution in [0.4, 0.5) is 0 Å². The molecule has 2 N–H and O–H groups in total. The summed E-state index contributed by atoms with van der Waals surface area (Å²) in [7, 11) is 0. The number of carbonyl (C=O) groups is 1. The van der Waals surface area contributed by atoms with Crippen molar-refractivity contribution in [2.45, 2.75) is 32.1 Å². The molecule has 0 aromatic rings. The molecule has 3 fully saturated rings. The smallest absolute Gasteiger partial charge is 0.223 e. The highest BCUT2D eigenvalue weighted by Crippen LogP contribution is 2.44. The zero-order valence-corrected chi connectivity index (χ0v) is 8.54. The largest absolute Gasteiger partial charge is 0.395 e. The van der Waals surface area contributed by atoms with Gasteiger partial charge in [-0.15, -0.1) is 0 Å². The summed E-state index contributed by atoms with van der Waals surface area (Å²) >= 11 is 0. The number of nitrogens with one attached hydrogen (secondary N) is 1. The van der Waals surface area contributed by atoms with Gasteiger partial charge in [0.1, 0.15) is 0 Å². The second kappa shape index (κ2) is 4.30. The van der Waals surface area contributed by atoms with E-state index in [2.05, 4.69) is 5.32 Å². The van der Waals surface area contributed by atoms with Crippen molar-refractivity contribution in [3.63, 3.8) is 0 Å². The van der Waals surface area contributed by atoms with E-state index >= 15 is 0 Å². The van der Waals surface area contributed by atoms with E-state index in [-0.39, 0.29) is 18.4 Å². The fourth-order valence-corrected chi connectivity index (χ4v) is 3.01. The van der Waals surface area contributed by atoms with Crippen LogP contribution in [0.2, 0.25) is 0 Å². The first-order chi connectivity index (χ1) is 6.81. The molecule has 0 heterocycles. The molecule has 3 heteroatoms. The molecule has 3 nitrogen and oxygen atoms in total. The molecule has 0 aliphatic heterocycles. The van der Waals surface area contributed by atoms with E-state index < -0.39 is 0 Å². The molecule has 0 saturated heterocycles. The van der Waals surface area contributed by atoms with Crippen molar-refractivity contribution in [2.75, 3.05) is 13.2 Å². The first-order valence-electron chi connectivity index (χ1n) is 5.70. The van der Waals surface area contributed by atoms with Crippen molar-refractivity contribution in [3.05, 3.63) is 0 Å². The number of aliphatic hydroxyl groups is 1. The van der Waals surface area contributed by atoms with Crippen molar-refractivity contribution in [3.8, 4) is 0 Å². The lowest BCUT2D eigenvalue weighted by molar-refractivity contribution is -0.130. The lowest BCUT2D eigenvalue weighted by Gasteiger charge is -2.41. The quantitative estimate of drug-likeness (QED) is 0.707. The summed E-state index contributed by atoms with van der Waals surface area (Å²) in [6.07, 6.45) is 6.22. The fraction of sp³-hybridized carbons (Fsp3) is 0.909. The molecule has 3 rings (SSSR count). The summed E-state index contributed by atoms with van der Waals surface area (Å²) in [6, 6.07) is 0. The van der Waals surface area contributed by atoms with Crippen LogP contribution in [0.1, 0.15) is 32.1 Å². The van der Waals surface area contributed by atoms with Gasteiger partial charge in [-0.05, 0) is 31.1 Å². The summed E-state index contributed by atoms with van der Waals surface area (Å²) in [4.78, 5) is 11.7. The molecule has 3 aliphatic rings. The highest BCUT2D eigenvalue weighted by atomic mass is 16.3. The van der Waals surface area contributed by atoms with Crippen LogP contribution in [0.5, 0.6) is 0 Å². The number of aliphatic hydroxyl groups excluding tert-OH is 1. The van der Waals surface area contributed by atoms with E-state index in [0.29, 0.717) is 12.5 Å². The van der Waals surface area contributed by atoms with Crippen LogP contribution in [0.25, 0.3) is 0 Å². The van der Waals surface area contributed by atoms with Crippen LogP contribution < -0.4 is 5.32 Å². The molecular weight excluding hydrogens is 178 g/mol. The Bertz CT molecular complexity index is 209. The van der Waals surface area contributed by atoms with Crippen LogP contribution in [-0.4, -0.2) is 24.2 Å². The normalized spacial score (nSPS) is 35.6. The Morgan fingerprint density at radius 1 is 1.29 bits per heavy atom. The zero-order chi connectivity index (χ0) is 9.97. The maximum atomic E-state index is 11.7. The van der Waals surface area contributed by atoms with Gasteiger partial charge in [0.05, 0.1) is 6.61 Å². The van der Waals surface area contributed by atoms with Gasteiger partial charge in [0.15, 0.2) is 0 Å². The number of amides is 1. The minimum atomic E-state index is 0.0482. The fourth-order valence-electron chi connectivity index (χ4n) is 3.01. The van der Waals surface area contributed by atoms with Gasteiger partial charge in [-0.2, -0.15) is 0 Å². The van der Waals surface area contributed by atoms with Gasteiger partial charge in [-0.3, -0.25) is 4.79 Å². The lowest BCUT2D eigenvalue weighted by atomic mass is 9.64. The highest BCUT2D eigenvalue weighted by Gasteiger charge is 2.38. The molecule has 0 spiro atoms. The number of hydrogen-bond donors (Lipinski definition) is 2. The van der Waals surface area contributed by atoms with Crippen LogP contribution >= 0.6 is 0 Å². The minimum absolute atomic E-state index is 0.0482. The van der Waals surface area contributed by atoms with Gasteiger partial charge in [0.25, 0.3) is 0 Å². The number of fused-ring (bicyclic) bond motifs is 3. The minimum Gasteiger partial charge on any atom is -0.395 e. The van der Waals surface area contributed by atoms with Gasteiger partial charge in [0.2, 0.25) is 5.91 Å². The van der Waals surface area contributed by atoms with Gasteiger partial charge in [0, 0.05) is 12.5 Å². The Morgan fingerprint density at radius 3 is 2.50 bits per heavy atom. The summed E-state index contributed by atoms with van der Waals surface area (Å²) in [5.41, 5.74) is 0. The number of rotatable bonds is 3. The Hall–Kier alpha value is -0.570. The third-order valence-electron chi connectivity index (χ3n) is 3.80. The molecule has 0 radical (unpaired) electrons. The Balaban J connectivity index is 1.88. The molecule has 3 aliphatic carbocycles. The molecule has 0 aromatic carbocycles. The van der Waals surface area contributed by atoms with E-state index in [1.165, 1.54) is 25.7 Å². The molecule has 1 unspecified atom stereocenters. The summed E-state index contributed by atoms with van der Waals surface area (Å²) < 4.78 is 0. The van der Waals surface area contributed by atoms with E-state index in [1.807, 2.05) is 0 Å². The predicted molar refractivity (Wildman–Crippen MR) is 53.7 cm³/mol. The lowest BCUT2D eigenvalue weighted by Crippen LogP contribution is -2.42. The van der Waals surface area contributed by atoms with Crippen LogP contribution in [-0.2, 0) is 4.79 Å². The monoisotopic (exact) mass is 197 g/mol. The first kappa shape index (κ1) is 9.97. The number of carbonyl (C=O) groups excluding carboxylic acids is 1. The average molecular weight is 197 g/mol. The first-order valence-corrected chi connectivity index (χ1v) is 5.70. The van der Waals surface area contributed by atoms with Crippen molar-refractivity contribution in [1.82, 2.24) is 5.32 Å². The van der Waals surface area contributed by atoms with E-state index in [4.69, 9.17) is 5.11 Å². The molecule has 1 amide bonds. The van der Waals surface area contributed by atoms with Crippen LogP contribution in [0.3, 0.4) is 0 Å². The topological polar surface area (TPSA) is 49.3 Å². The third-order valence-corrected chi connectivity index (χ3v) is 3.80. The molecular formula is C11H19NO2. The molecule has 3 saturated carbocycles. The van der Waals surface area contributed by atoms with Gasteiger partial charge < -0.3 is 10.4 Å².